The molecule has 0 atom stereocenters. The lowest BCUT2D eigenvalue weighted by Crippen LogP contribution is -2.00. The summed E-state index contributed by atoms with van der Waals surface area (Å²) in [6.45, 7) is 0. The van der Waals surface area contributed by atoms with E-state index in [1.165, 1.54) is 0 Å². The van der Waals surface area contributed by atoms with Crippen LogP contribution in [-0.4, -0.2) is 29.9 Å². The molecule has 7 aromatic carbocycles. The van der Waals surface area contributed by atoms with E-state index in [9.17, 15) is 0 Å². The molecule has 0 aliphatic carbocycles. The van der Waals surface area contributed by atoms with Crippen LogP contribution in [0.25, 0.3) is 123 Å². The summed E-state index contributed by atoms with van der Waals surface area (Å²) in [5.74, 6) is 2.36. The van der Waals surface area contributed by atoms with Crippen LogP contribution >= 0.6 is 0 Å². The Morgan fingerprint density at radius 3 is 1.67 bits per heavy atom. The standard InChI is InChI=1S/C52H30N6O2/c1-3-11-32(12-4-1)49-56-50(33-13-5-2-6-14-33)58-51(57-49)34-22-20-31(21-23-34)35-24-25-38(37-16-8-7-15-36(35)37)39-17-9-18-40-41-26-27-44-46(48(41)60-47(39)40)55-52(59-44)42-28-30-53-43-19-10-29-54-45(42)43/h1-30H. The summed E-state index contributed by atoms with van der Waals surface area (Å²) in [4.78, 5) is 28.7. The van der Waals surface area contributed by atoms with Gasteiger partial charge in [-0.25, -0.2) is 19.9 Å². The predicted octanol–water partition coefficient (Wildman–Crippen LogP) is 13.0. The summed E-state index contributed by atoms with van der Waals surface area (Å²) in [5.41, 5.74) is 12.2. The van der Waals surface area contributed by atoms with Gasteiger partial charge in [-0.05, 0) is 57.8 Å². The maximum absolute atomic E-state index is 6.81. The molecule has 0 bridgehead atoms. The van der Waals surface area contributed by atoms with Crippen LogP contribution in [0.1, 0.15) is 0 Å². The smallest absolute Gasteiger partial charge is 0.229 e. The lowest BCUT2D eigenvalue weighted by atomic mass is 9.91. The third kappa shape index (κ3) is 5.54. The molecule has 0 radical (unpaired) electrons. The van der Waals surface area contributed by atoms with Crippen molar-refractivity contribution in [3.63, 3.8) is 0 Å². The maximum atomic E-state index is 6.81. The average Bonchev–Trinajstić information content (AvgIpc) is 3.94. The summed E-state index contributed by atoms with van der Waals surface area (Å²) >= 11 is 0. The molecule has 0 aliphatic heterocycles. The molecule has 0 spiro atoms. The number of benzene rings is 7. The minimum Gasteiger partial charge on any atom is -0.453 e. The number of hydrogen-bond donors (Lipinski definition) is 0. The molecule has 0 aliphatic rings. The van der Waals surface area contributed by atoms with E-state index in [0.29, 0.717) is 40.0 Å². The van der Waals surface area contributed by atoms with E-state index < -0.39 is 0 Å². The summed E-state index contributed by atoms with van der Waals surface area (Å²) in [5, 5.41) is 4.24. The third-order valence-corrected chi connectivity index (χ3v) is 11.1. The second-order valence-electron chi connectivity index (χ2n) is 14.6. The lowest BCUT2D eigenvalue weighted by Gasteiger charge is -2.13. The molecular weight excluding hydrogens is 741 g/mol. The Hall–Kier alpha value is -8.36. The predicted molar refractivity (Wildman–Crippen MR) is 238 cm³/mol. The molecule has 0 amide bonds. The molecular formula is C52H30N6O2. The third-order valence-electron chi connectivity index (χ3n) is 11.1. The summed E-state index contributed by atoms with van der Waals surface area (Å²) < 4.78 is 13.1. The second-order valence-corrected chi connectivity index (χ2v) is 14.6. The zero-order valence-corrected chi connectivity index (χ0v) is 31.8. The van der Waals surface area contributed by atoms with Gasteiger partial charge in [-0.2, -0.15) is 0 Å². The number of hydrogen-bond acceptors (Lipinski definition) is 8. The second kappa shape index (κ2) is 13.6. The van der Waals surface area contributed by atoms with E-state index in [-0.39, 0.29) is 0 Å². The van der Waals surface area contributed by atoms with Gasteiger partial charge in [-0.1, -0.05) is 140 Å². The molecule has 0 saturated carbocycles. The number of oxazole rings is 1. The number of para-hydroxylation sites is 1. The average molecular weight is 771 g/mol. The minimum atomic E-state index is 0.473. The van der Waals surface area contributed by atoms with Crippen molar-refractivity contribution >= 4 is 54.8 Å². The van der Waals surface area contributed by atoms with Gasteiger partial charge in [-0.15, -0.1) is 0 Å². The maximum Gasteiger partial charge on any atom is 0.229 e. The highest BCUT2D eigenvalue weighted by Gasteiger charge is 2.21. The lowest BCUT2D eigenvalue weighted by molar-refractivity contribution is 0.620. The molecule has 12 rings (SSSR count). The van der Waals surface area contributed by atoms with Gasteiger partial charge in [0.2, 0.25) is 5.89 Å². The van der Waals surface area contributed by atoms with Crippen LogP contribution in [0.5, 0.6) is 0 Å². The van der Waals surface area contributed by atoms with Gasteiger partial charge < -0.3 is 8.83 Å². The van der Waals surface area contributed by atoms with Gasteiger partial charge in [0.05, 0.1) is 11.1 Å². The van der Waals surface area contributed by atoms with E-state index in [1.54, 1.807) is 12.4 Å². The van der Waals surface area contributed by atoms with E-state index in [1.807, 2.05) is 84.9 Å². The number of rotatable bonds is 6. The zero-order valence-electron chi connectivity index (χ0n) is 31.8. The van der Waals surface area contributed by atoms with Crippen LogP contribution in [0.4, 0.5) is 0 Å². The molecule has 8 nitrogen and oxygen atoms in total. The minimum absolute atomic E-state index is 0.473. The summed E-state index contributed by atoms with van der Waals surface area (Å²) in [7, 11) is 0. The molecule has 280 valence electrons. The first-order chi connectivity index (χ1) is 29.7. The number of fused-ring (bicyclic) bond motifs is 7. The van der Waals surface area contributed by atoms with Gasteiger partial charge in [0.25, 0.3) is 0 Å². The van der Waals surface area contributed by atoms with E-state index in [4.69, 9.17) is 28.8 Å². The Morgan fingerprint density at radius 2 is 0.933 bits per heavy atom. The first-order valence-electron chi connectivity index (χ1n) is 19.7. The number of nitrogens with zero attached hydrogens (tertiary/aromatic N) is 6. The molecule has 0 saturated heterocycles. The van der Waals surface area contributed by atoms with Crippen molar-refractivity contribution in [1.29, 1.82) is 0 Å². The fraction of sp³-hybridized carbons (Fsp3) is 0. The largest absolute Gasteiger partial charge is 0.453 e. The van der Waals surface area contributed by atoms with Gasteiger partial charge in [-0.3, -0.25) is 9.97 Å². The Labute approximate surface area is 342 Å². The van der Waals surface area contributed by atoms with Crippen LogP contribution in [0, 0.1) is 0 Å². The Kier molecular flexibility index (Phi) is 7.67. The van der Waals surface area contributed by atoms with Crippen LogP contribution < -0.4 is 0 Å². The first-order valence-corrected chi connectivity index (χ1v) is 19.7. The normalized spacial score (nSPS) is 11.7. The Morgan fingerprint density at radius 1 is 0.317 bits per heavy atom. The number of pyridine rings is 2. The van der Waals surface area contributed by atoms with Crippen LogP contribution in [0.15, 0.2) is 191 Å². The fourth-order valence-corrected chi connectivity index (χ4v) is 8.25. The molecule has 0 unspecified atom stereocenters. The van der Waals surface area contributed by atoms with Crippen LogP contribution in [0.2, 0.25) is 0 Å². The van der Waals surface area contributed by atoms with Crippen molar-refractivity contribution in [2.45, 2.75) is 0 Å². The highest BCUT2D eigenvalue weighted by Crippen LogP contribution is 2.43. The van der Waals surface area contributed by atoms with Crippen LogP contribution in [0.3, 0.4) is 0 Å². The first kappa shape index (κ1) is 33.7. The molecule has 0 fully saturated rings. The van der Waals surface area contributed by atoms with Crippen molar-refractivity contribution in [2.24, 2.45) is 0 Å². The van der Waals surface area contributed by atoms with Crippen molar-refractivity contribution in [3.05, 3.63) is 182 Å². The van der Waals surface area contributed by atoms with Gasteiger partial charge in [0, 0.05) is 45.4 Å². The highest BCUT2D eigenvalue weighted by atomic mass is 16.4. The van der Waals surface area contributed by atoms with E-state index in [2.05, 4.69) is 94.9 Å². The SMILES string of the molecule is c1ccc(-c2nc(-c3ccccc3)nc(-c3ccc(-c4ccc(-c5cccc6c5oc5c6ccc6oc(-c7ccnc8cccnc78)nc65)c5ccccc45)cc3)n2)cc1. The number of furan rings is 1. The van der Waals surface area contributed by atoms with Crippen LogP contribution in [-0.2, 0) is 0 Å². The number of aromatic nitrogens is 6. The van der Waals surface area contributed by atoms with Gasteiger partial charge >= 0.3 is 0 Å². The topological polar surface area (TPSA) is 104 Å². The summed E-state index contributed by atoms with van der Waals surface area (Å²) in [6, 6.07) is 57.5. The Bertz CT molecular complexity index is 3540. The van der Waals surface area contributed by atoms with Crippen molar-refractivity contribution < 1.29 is 8.83 Å². The highest BCUT2D eigenvalue weighted by molar-refractivity contribution is 6.17. The molecule has 5 aromatic heterocycles. The van der Waals surface area contributed by atoms with Gasteiger partial charge in [0.1, 0.15) is 11.1 Å². The molecule has 5 heterocycles. The molecule has 8 heteroatoms. The Balaban J connectivity index is 0.943. The molecule has 12 aromatic rings. The molecule has 0 N–H and O–H groups in total. The van der Waals surface area contributed by atoms with Crippen molar-refractivity contribution in [3.8, 4) is 67.9 Å². The van der Waals surface area contributed by atoms with Gasteiger partial charge in [0.15, 0.2) is 34.2 Å². The van der Waals surface area contributed by atoms with Crippen molar-refractivity contribution in [2.75, 3.05) is 0 Å². The van der Waals surface area contributed by atoms with E-state index >= 15 is 0 Å². The van der Waals surface area contributed by atoms with E-state index in [0.717, 1.165) is 82.7 Å². The zero-order chi connectivity index (χ0) is 39.6. The monoisotopic (exact) mass is 770 g/mol. The fourth-order valence-electron chi connectivity index (χ4n) is 8.25. The quantitative estimate of drug-likeness (QED) is 0.165. The molecule has 60 heavy (non-hydrogen) atoms. The summed E-state index contributed by atoms with van der Waals surface area (Å²) in [6.07, 6.45) is 3.51. The van der Waals surface area contributed by atoms with Crippen molar-refractivity contribution in [1.82, 2.24) is 29.9 Å².